The summed E-state index contributed by atoms with van der Waals surface area (Å²) in [6.07, 6.45) is -0.282. The van der Waals surface area contributed by atoms with Gasteiger partial charge in [-0.2, -0.15) is 0 Å². The summed E-state index contributed by atoms with van der Waals surface area (Å²) in [5.41, 5.74) is 1.21. The molecule has 98 valence electrons. The lowest BCUT2D eigenvalue weighted by Gasteiger charge is -2.08. The summed E-state index contributed by atoms with van der Waals surface area (Å²) < 4.78 is 0. The fourth-order valence-corrected chi connectivity index (χ4v) is 2.31. The van der Waals surface area contributed by atoms with Crippen LogP contribution in [0.5, 0.6) is 0 Å². The molecule has 0 aliphatic rings. The summed E-state index contributed by atoms with van der Waals surface area (Å²) in [6, 6.07) is 7.78. The molecule has 1 aromatic heterocycles. The van der Waals surface area contributed by atoms with E-state index >= 15 is 0 Å². The van der Waals surface area contributed by atoms with Crippen molar-refractivity contribution in [2.75, 3.05) is 0 Å². The molecule has 0 amide bonds. The van der Waals surface area contributed by atoms with Gasteiger partial charge in [0, 0.05) is 27.4 Å². The number of pyridine rings is 1. The van der Waals surface area contributed by atoms with Crippen LogP contribution in [0.2, 0.25) is 10.0 Å². The molecule has 6 heteroatoms. The van der Waals surface area contributed by atoms with Gasteiger partial charge in [-0.15, -0.1) is 0 Å². The van der Waals surface area contributed by atoms with Gasteiger partial charge in [0.15, 0.2) is 0 Å². The fourth-order valence-electron chi connectivity index (χ4n) is 1.79. The molecule has 1 heterocycles. The van der Waals surface area contributed by atoms with Crippen molar-refractivity contribution in [3.63, 3.8) is 0 Å². The van der Waals surface area contributed by atoms with Crippen molar-refractivity contribution < 1.29 is 9.90 Å². The Morgan fingerprint density at radius 2 is 1.79 bits per heavy atom. The Hall–Kier alpha value is -1.78. The molecule has 0 fully saturated rings. The molecule has 0 saturated heterocycles. The average Bonchev–Trinajstić information content (AvgIpc) is 2.26. The largest absolute Gasteiger partial charge is 0.481 e. The minimum Gasteiger partial charge on any atom is -0.481 e. The molecule has 0 saturated carbocycles. The first-order chi connectivity index (χ1) is 8.95. The molecule has 2 aromatic rings. The molecule has 19 heavy (non-hydrogen) atoms. The van der Waals surface area contributed by atoms with Gasteiger partial charge in [0.2, 0.25) is 5.56 Å². The molecule has 0 radical (unpaired) electrons. The van der Waals surface area contributed by atoms with Gasteiger partial charge in [0.1, 0.15) is 0 Å². The summed E-state index contributed by atoms with van der Waals surface area (Å²) in [6.45, 7) is 0. The van der Waals surface area contributed by atoms with E-state index in [1.807, 2.05) is 0 Å². The van der Waals surface area contributed by atoms with E-state index in [0.717, 1.165) is 0 Å². The minimum absolute atomic E-state index is 0.282. The number of halogens is 2. The first kappa shape index (κ1) is 13.6. The van der Waals surface area contributed by atoms with E-state index in [1.165, 1.54) is 6.07 Å². The van der Waals surface area contributed by atoms with Crippen molar-refractivity contribution >= 4 is 29.2 Å². The zero-order valence-corrected chi connectivity index (χ0v) is 11.1. The summed E-state index contributed by atoms with van der Waals surface area (Å²) in [5.74, 6) is -1.03. The predicted octanol–water partition coefficient (Wildman–Crippen LogP) is 2.98. The van der Waals surface area contributed by atoms with Crippen LogP contribution in [-0.4, -0.2) is 16.1 Å². The van der Waals surface area contributed by atoms with Crippen molar-refractivity contribution in [3.8, 4) is 11.1 Å². The molecule has 4 nitrogen and oxygen atoms in total. The lowest BCUT2D eigenvalue weighted by atomic mass is 10.0. The van der Waals surface area contributed by atoms with Crippen LogP contribution in [0.25, 0.3) is 11.1 Å². The zero-order valence-electron chi connectivity index (χ0n) is 9.61. The first-order valence-electron chi connectivity index (χ1n) is 5.36. The van der Waals surface area contributed by atoms with E-state index in [-0.39, 0.29) is 12.0 Å². The third-order valence-corrected chi connectivity index (χ3v) is 2.94. The van der Waals surface area contributed by atoms with Crippen LogP contribution in [-0.2, 0) is 11.2 Å². The molecule has 1 aromatic carbocycles. The van der Waals surface area contributed by atoms with Crippen LogP contribution in [0.15, 0.2) is 35.1 Å². The maximum Gasteiger partial charge on any atom is 0.309 e. The molecular formula is C13H9Cl2NO3. The number of carbonyl (C=O) groups is 1. The number of H-pyrrole nitrogens is 1. The lowest BCUT2D eigenvalue weighted by molar-refractivity contribution is -0.136. The number of hydrogen-bond donors (Lipinski definition) is 2. The molecule has 0 atom stereocenters. The van der Waals surface area contributed by atoms with Crippen molar-refractivity contribution in [3.05, 3.63) is 56.4 Å². The van der Waals surface area contributed by atoms with Crippen molar-refractivity contribution in [1.29, 1.82) is 0 Å². The molecule has 0 unspecified atom stereocenters. The highest BCUT2D eigenvalue weighted by Crippen LogP contribution is 2.28. The second-order valence-corrected chi connectivity index (χ2v) is 4.82. The number of aromatic nitrogens is 1. The molecule has 0 bridgehead atoms. The number of benzene rings is 1. The van der Waals surface area contributed by atoms with Crippen LogP contribution >= 0.6 is 23.2 Å². The third kappa shape index (κ3) is 3.36. The molecule has 2 rings (SSSR count). The van der Waals surface area contributed by atoms with Crippen molar-refractivity contribution in [2.45, 2.75) is 6.42 Å². The number of nitrogens with one attached hydrogen (secondary N) is 1. The summed E-state index contributed by atoms with van der Waals surface area (Å²) in [5, 5.41) is 9.74. The molecule has 0 aliphatic carbocycles. The van der Waals surface area contributed by atoms with Gasteiger partial charge >= 0.3 is 5.97 Å². The normalized spacial score (nSPS) is 10.4. The highest BCUT2D eigenvalue weighted by molar-refractivity contribution is 6.35. The summed E-state index contributed by atoms with van der Waals surface area (Å²) >= 11 is 11.8. The van der Waals surface area contributed by atoms with Crippen molar-refractivity contribution in [2.24, 2.45) is 0 Å². The first-order valence-corrected chi connectivity index (χ1v) is 6.12. The fraction of sp³-hybridized carbons (Fsp3) is 0.0769. The minimum atomic E-state index is -1.03. The lowest BCUT2D eigenvalue weighted by Crippen LogP contribution is -2.12. The number of aromatic amines is 1. The van der Waals surface area contributed by atoms with Crippen LogP contribution in [0, 0.1) is 0 Å². The van der Waals surface area contributed by atoms with E-state index in [2.05, 4.69) is 4.98 Å². The van der Waals surface area contributed by atoms with Gasteiger partial charge in [-0.05, 0) is 29.8 Å². The molecular weight excluding hydrogens is 289 g/mol. The quantitative estimate of drug-likeness (QED) is 0.915. The number of carboxylic acid groups (broad SMARTS) is 1. The number of hydrogen-bond acceptors (Lipinski definition) is 2. The summed E-state index contributed by atoms with van der Waals surface area (Å²) in [4.78, 5) is 24.6. The average molecular weight is 298 g/mol. The van der Waals surface area contributed by atoms with E-state index in [0.29, 0.717) is 26.9 Å². The smallest absolute Gasteiger partial charge is 0.309 e. The second kappa shape index (κ2) is 5.47. The van der Waals surface area contributed by atoms with Crippen LogP contribution < -0.4 is 5.56 Å². The number of carboxylic acids is 1. The van der Waals surface area contributed by atoms with E-state index in [1.54, 1.807) is 24.3 Å². The topological polar surface area (TPSA) is 70.2 Å². The Morgan fingerprint density at radius 3 is 2.37 bits per heavy atom. The maximum absolute atomic E-state index is 11.3. The third-order valence-electron chi connectivity index (χ3n) is 2.50. The molecule has 2 N–H and O–H groups in total. The van der Waals surface area contributed by atoms with E-state index < -0.39 is 5.97 Å². The Bertz CT molecular complexity index is 674. The van der Waals surface area contributed by atoms with Crippen LogP contribution in [0.1, 0.15) is 5.69 Å². The van der Waals surface area contributed by atoms with Gasteiger partial charge in [-0.1, -0.05) is 23.2 Å². The Labute approximate surface area is 118 Å². The monoisotopic (exact) mass is 297 g/mol. The van der Waals surface area contributed by atoms with Crippen LogP contribution in [0.4, 0.5) is 0 Å². The van der Waals surface area contributed by atoms with Gasteiger partial charge in [-0.3, -0.25) is 9.59 Å². The summed E-state index contributed by atoms with van der Waals surface area (Å²) in [7, 11) is 0. The Kier molecular flexibility index (Phi) is 3.93. The van der Waals surface area contributed by atoms with Gasteiger partial charge in [-0.25, -0.2) is 0 Å². The highest BCUT2D eigenvalue weighted by Gasteiger charge is 2.11. The molecule has 0 aliphatic heterocycles. The molecule has 0 spiro atoms. The van der Waals surface area contributed by atoms with Crippen LogP contribution in [0.3, 0.4) is 0 Å². The van der Waals surface area contributed by atoms with Gasteiger partial charge in [0.25, 0.3) is 0 Å². The number of rotatable bonds is 3. The van der Waals surface area contributed by atoms with E-state index in [4.69, 9.17) is 28.3 Å². The second-order valence-electron chi connectivity index (χ2n) is 3.94. The standard InChI is InChI=1S/C13H9Cl2NO3/c14-8-3-7(4-9(15)5-8)10-1-2-12(17)16-11(10)6-13(18)19/h1-5H,6H2,(H,16,17)(H,18,19). The number of aliphatic carboxylic acids is 1. The Balaban J connectivity index is 2.60. The van der Waals surface area contributed by atoms with Gasteiger partial charge in [0.05, 0.1) is 6.42 Å². The van der Waals surface area contributed by atoms with Crippen molar-refractivity contribution in [1.82, 2.24) is 4.98 Å². The Morgan fingerprint density at radius 1 is 1.16 bits per heavy atom. The highest BCUT2D eigenvalue weighted by atomic mass is 35.5. The SMILES string of the molecule is O=C(O)Cc1[nH]c(=O)ccc1-c1cc(Cl)cc(Cl)c1. The predicted molar refractivity (Wildman–Crippen MR) is 73.9 cm³/mol. The van der Waals surface area contributed by atoms with Gasteiger partial charge < -0.3 is 10.1 Å². The van der Waals surface area contributed by atoms with E-state index in [9.17, 15) is 9.59 Å². The zero-order chi connectivity index (χ0) is 14.0. The maximum atomic E-state index is 11.3.